The first-order chi connectivity index (χ1) is 8.09. The summed E-state index contributed by atoms with van der Waals surface area (Å²) in [4.78, 5) is 1.64. The van der Waals surface area contributed by atoms with Crippen LogP contribution >= 0.6 is 0 Å². The lowest BCUT2D eigenvalue weighted by Crippen LogP contribution is -2.36. The molecule has 0 aliphatic carbocycles. The third kappa shape index (κ3) is 2.15. The minimum Gasteiger partial charge on any atom is -0.740 e. The van der Waals surface area contributed by atoms with Gasteiger partial charge in [0.05, 0.1) is 14.1 Å². The van der Waals surface area contributed by atoms with Crippen LogP contribution in [0.3, 0.4) is 0 Å². The number of hydrogen-bond acceptors (Lipinski definition) is 4. The SMILES string of the molecule is CN(C)c1c(-c2ccc(F)cc2)nnc[n+]1[O-]. The van der Waals surface area contributed by atoms with E-state index in [0.717, 1.165) is 6.33 Å². The minimum atomic E-state index is -0.334. The molecule has 0 spiro atoms. The van der Waals surface area contributed by atoms with E-state index < -0.39 is 0 Å². The lowest BCUT2D eigenvalue weighted by Gasteiger charge is -2.16. The summed E-state index contributed by atoms with van der Waals surface area (Å²) in [5.41, 5.74) is 1.07. The number of hydrogen-bond donors (Lipinski definition) is 0. The van der Waals surface area contributed by atoms with Crippen LogP contribution in [0.4, 0.5) is 10.2 Å². The number of nitrogens with zero attached hydrogens (tertiary/aromatic N) is 4. The summed E-state index contributed by atoms with van der Waals surface area (Å²) in [7, 11) is 3.47. The van der Waals surface area contributed by atoms with Gasteiger partial charge in [-0.05, 0) is 24.3 Å². The van der Waals surface area contributed by atoms with Crippen molar-refractivity contribution in [3.05, 3.63) is 41.6 Å². The molecule has 0 bridgehead atoms. The molecule has 1 heterocycles. The van der Waals surface area contributed by atoms with Gasteiger partial charge in [-0.1, -0.05) is 5.10 Å². The monoisotopic (exact) mass is 234 g/mol. The molecule has 17 heavy (non-hydrogen) atoms. The van der Waals surface area contributed by atoms with Gasteiger partial charge in [-0.2, -0.15) is 0 Å². The largest absolute Gasteiger partial charge is 0.740 e. The van der Waals surface area contributed by atoms with Crippen LogP contribution < -0.4 is 9.63 Å². The van der Waals surface area contributed by atoms with Gasteiger partial charge in [-0.3, -0.25) is 4.90 Å². The van der Waals surface area contributed by atoms with Crippen molar-refractivity contribution in [2.75, 3.05) is 19.0 Å². The lowest BCUT2D eigenvalue weighted by molar-refractivity contribution is -0.595. The molecule has 0 radical (unpaired) electrons. The Balaban J connectivity index is 2.59. The van der Waals surface area contributed by atoms with Crippen LogP contribution in [0.5, 0.6) is 0 Å². The first-order valence-corrected chi connectivity index (χ1v) is 4.97. The molecule has 1 aromatic carbocycles. The Morgan fingerprint density at radius 1 is 1.24 bits per heavy atom. The van der Waals surface area contributed by atoms with Crippen molar-refractivity contribution in [3.63, 3.8) is 0 Å². The van der Waals surface area contributed by atoms with E-state index in [1.807, 2.05) is 0 Å². The summed E-state index contributed by atoms with van der Waals surface area (Å²) in [5.74, 6) is 0.0330. The average molecular weight is 234 g/mol. The van der Waals surface area contributed by atoms with Gasteiger partial charge in [0, 0.05) is 10.7 Å². The number of aromatic nitrogens is 3. The number of benzene rings is 1. The second kappa shape index (κ2) is 4.32. The van der Waals surface area contributed by atoms with Gasteiger partial charge in [0.1, 0.15) is 5.82 Å². The van der Waals surface area contributed by atoms with Crippen LogP contribution in [0.1, 0.15) is 0 Å². The van der Waals surface area contributed by atoms with E-state index in [4.69, 9.17) is 0 Å². The molecule has 0 fully saturated rings. The van der Waals surface area contributed by atoms with E-state index in [-0.39, 0.29) is 5.82 Å². The summed E-state index contributed by atoms with van der Waals surface area (Å²) in [6, 6.07) is 5.76. The van der Waals surface area contributed by atoms with Crippen molar-refractivity contribution < 1.29 is 9.12 Å². The average Bonchev–Trinajstić information content (AvgIpc) is 2.29. The predicted octanol–water partition coefficient (Wildman–Crippen LogP) is 0.982. The fraction of sp³-hybridized carbons (Fsp3) is 0.182. The maximum atomic E-state index is 12.8. The van der Waals surface area contributed by atoms with Gasteiger partial charge in [0.2, 0.25) is 0 Å². The van der Waals surface area contributed by atoms with Crippen molar-refractivity contribution in [2.24, 2.45) is 0 Å². The number of rotatable bonds is 2. The summed E-state index contributed by atoms with van der Waals surface area (Å²) in [5, 5.41) is 19.2. The molecular formula is C11H11FN4O. The molecule has 0 unspecified atom stereocenters. The molecule has 5 nitrogen and oxygen atoms in total. The Bertz CT molecular complexity index is 527. The highest BCUT2D eigenvalue weighted by molar-refractivity contribution is 5.69. The van der Waals surface area contributed by atoms with Gasteiger partial charge >= 0.3 is 0 Å². The van der Waals surface area contributed by atoms with Crippen LogP contribution in [0.15, 0.2) is 30.6 Å². The Hall–Kier alpha value is -2.24. The maximum absolute atomic E-state index is 12.8. The third-order valence-electron chi connectivity index (χ3n) is 2.28. The van der Waals surface area contributed by atoms with E-state index >= 15 is 0 Å². The van der Waals surface area contributed by atoms with Gasteiger partial charge in [-0.15, -0.1) is 0 Å². The van der Waals surface area contributed by atoms with Crippen LogP contribution in [0.2, 0.25) is 0 Å². The van der Waals surface area contributed by atoms with Crippen molar-refractivity contribution in [1.82, 2.24) is 10.2 Å². The fourth-order valence-corrected chi connectivity index (χ4v) is 1.54. The molecule has 0 aliphatic heterocycles. The molecule has 0 atom stereocenters. The highest BCUT2D eigenvalue weighted by Gasteiger charge is 2.16. The fourth-order valence-electron chi connectivity index (χ4n) is 1.54. The topological polar surface area (TPSA) is 56.0 Å². The molecule has 2 rings (SSSR count). The van der Waals surface area contributed by atoms with Crippen LogP contribution in [0, 0.1) is 11.0 Å². The second-order valence-electron chi connectivity index (χ2n) is 3.73. The van der Waals surface area contributed by atoms with E-state index in [9.17, 15) is 9.60 Å². The molecule has 0 saturated heterocycles. The molecule has 88 valence electrons. The van der Waals surface area contributed by atoms with Crippen molar-refractivity contribution in [1.29, 1.82) is 0 Å². The van der Waals surface area contributed by atoms with Gasteiger partial charge in [0.15, 0.2) is 5.69 Å². The number of halogens is 1. The summed E-state index contributed by atoms with van der Waals surface area (Å²) >= 11 is 0. The van der Waals surface area contributed by atoms with E-state index in [1.54, 1.807) is 31.1 Å². The van der Waals surface area contributed by atoms with Gasteiger partial charge < -0.3 is 5.21 Å². The van der Waals surface area contributed by atoms with Gasteiger partial charge in [-0.25, -0.2) is 9.12 Å². The smallest absolute Gasteiger partial charge is 0.253 e. The molecule has 6 heteroatoms. The zero-order valence-corrected chi connectivity index (χ0v) is 9.46. The van der Waals surface area contributed by atoms with Gasteiger partial charge in [0.25, 0.3) is 12.1 Å². The predicted molar refractivity (Wildman–Crippen MR) is 60.7 cm³/mol. The minimum absolute atomic E-state index is 0.334. The molecule has 0 amide bonds. The maximum Gasteiger partial charge on any atom is 0.253 e. The zero-order valence-electron chi connectivity index (χ0n) is 9.46. The Morgan fingerprint density at radius 2 is 1.88 bits per heavy atom. The first kappa shape index (κ1) is 11.3. The summed E-state index contributed by atoms with van der Waals surface area (Å²) in [6.07, 6.45) is 1.09. The standard InChI is InChI=1S/C11H11FN4O/c1-15(2)11-10(14-13-7-16(11)17)8-3-5-9(12)6-4-8/h3-7H,1-2H3. The van der Waals surface area contributed by atoms with Crippen molar-refractivity contribution >= 4 is 5.82 Å². The van der Waals surface area contributed by atoms with Crippen LogP contribution in [0.25, 0.3) is 11.3 Å². The Kier molecular flexibility index (Phi) is 2.86. The molecule has 0 N–H and O–H groups in total. The summed E-state index contributed by atoms with van der Waals surface area (Å²) < 4.78 is 13.5. The molecule has 2 aromatic rings. The molecule has 1 aromatic heterocycles. The molecule has 0 saturated carbocycles. The van der Waals surface area contributed by atoms with Crippen molar-refractivity contribution in [2.45, 2.75) is 0 Å². The molecule has 0 aliphatic rings. The highest BCUT2D eigenvalue weighted by Crippen LogP contribution is 2.23. The van der Waals surface area contributed by atoms with Crippen LogP contribution in [-0.2, 0) is 0 Å². The third-order valence-corrected chi connectivity index (χ3v) is 2.28. The molecular weight excluding hydrogens is 223 g/mol. The quantitative estimate of drug-likeness (QED) is 0.574. The summed E-state index contributed by atoms with van der Waals surface area (Å²) in [6.45, 7) is 0. The van der Waals surface area contributed by atoms with Crippen molar-refractivity contribution in [3.8, 4) is 11.3 Å². The lowest BCUT2D eigenvalue weighted by atomic mass is 10.1. The zero-order chi connectivity index (χ0) is 12.4. The van der Waals surface area contributed by atoms with E-state index in [2.05, 4.69) is 10.2 Å². The highest BCUT2D eigenvalue weighted by atomic mass is 19.1. The van der Waals surface area contributed by atoms with Crippen LogP contribution in [-0.4, -0.2) is 24.3 Å². The first-order valence-electron chi connectivity index (χ1n) is 4.97. The Labute approximate surface area is 97.7 Å². The number of anilines is 1. The van der Waals surface area contributed by atoms with E-state index in [1.165, 1.54) is 12.1 Å². The normalized spacial score (nSPS) is 10.3. The van der Waals surface area contributed by atoms with E-state index in [0.29, 0.717) is 21.8 Å². The Morgan fingerprint density at radius 3 is 2.47 bits per heavy atom. The second-order valence-corrected chi connectivity index (χ2v) is 3.73.